The van der Waals surface area contributed by atoms with Gasteiger partial charge in [-0.25, -0.2) is 4.98 Å². The first-order valence-electron chi connectivity index (χ1n) is 10.0. The van der Waals surface area contributed by atoms with Crippen molar-refractivity contribution < 1.29 is 9.53 Å². The molecule has 4 rings (SSSR count). The van der Waals surface area contributed by atoms with Gasteiger partial charge in [0.1, 0.15) is 5.82 Å². The summed E-state index contributed by atoms with van der Waals surface area (Å²) in [6, 6.07) is 2.09. The number of aryl methyl sites for hydroxylation is 1. The second kappa shape index (κ2) is 7.80. The fourth-order valence-corrected chi connectivity index (χ4v) is 4.10. The summed E-state index contributed by atoms with van der Waals surface area (Å²) in [5.74, 6) is 2.37. The summed E-state index contributed by atoms with van der Waals surface area (Å²) < 4.78 is 7.07. The van der Waals surface area contributed by atoms with Crippen molar-refractivity contribution in [1.82, 2.24) is 24.5 Å². The van der Waals surface area contributed by atoms with E-state index in [1.54, 1.807) is 0 Å². The average molecular weight is 372 g/mol. The molecule has 2 saturated heterocycles. The van der Waals surface area contributed by atoms with Crippen molar-refractivity contribution in [2.24, 2.45) is 5.92 Å². The summed E-state index contributed by atoms with van der Waals surface area (Å²) in [5, 5.41) is 4.74. The molecule has 1 unspecified atom stereocenters. The van der Waals surface area contributed by atoms with E-state index in [1.165, 1.54) is 12.8 Å². The number of carbonyl (C=O) groups excluding carboxylic acids is 1. The Kier molecular flexibility index (Phi) is 5.24. The van der Waals surface area contributed by atoms with Crippen molar-refractivity contribution in [1.29, 1.82) is 0 Å². The largest absolute Gasteiger partial charge is 0.466 e. The summed E-state index contributed by atoms with van der Waals surface area (Å²) in [6.07, 6.45) is 4.32. The molecule has 2 aliphatic rings. The van der Waals surface area contributed by atoms with Gasteiger partial charge in [0.05, 0.1) is 19.1 Å². The number of carbonyl (C=O) groups is 1. The highest BCUT2D eigenvalue weighted by molar-refractivity contribution is 5.72. The third-order valence-electron chi connectivity index (χ3n) is 5.39. The van der Waals surface area contributed by atoms with Crippen molar-refractivity contribution in [3.05, 3.63) is 17.6 Å². The minimum absolute atomic E-state index is 0.0451. The summed E-state index contributed by atoms with van der Waals surface area (Å²) in [4.78, 5) is 25.9. The molecule has 2 aromatic heterocycles. The Bertz CT molecular complexity index is 814. The van der Waals surface area contributed by atoms with Crippen molar-refractivity contribution in [2.45, 2.75) is 46.1 Å². The van der Waals surface area contributed by atoms with Crippen LogP contribution in [0.25, 0.3) is 5.78 Å². The second-order valence-corrected chi connectivity index (χ2v) is 7.52. The maximum atomic E-state index is 12.1. The zero-order valence-corrected chi connectivity index (χ0v) is 16.2. The fraction of sp³-hybridized carbons (Fsp3) is 0.684. The number of hydrogen-bond donors (Lipinski definition) is 0. The maximum Gasteiger partial charge on any atom is 0.310 e. The Morgan fingerprint density at radius 3 is 2.81 bits per heavy atom. The predicted molar refractivity (Wildman–Crippen MR) is 102 cm³/mol. The smallest absolute Gasteiger partial charge is 0.310 e. The first kappa shape index (κ1) is 18.2. The topological polar surface area (TPSA) is 75.9 Å². The SMILES string of the molecule is CCOC(=O)C1CCCN(Cc2nc3nc(C)cc(N4CCCC4)n3n2)C1. The van der Waals surface area contributed by atoms with Crippen LogP contribution in [0.2, 0.25) is 0 Å². The van der Waals surface area contributed by atoms with Gasteiger partial charge >= 0.3 is 5.97 Å². The highest BCUT2D eigenvalue weighted by Gasteiger charge is 2.28. The maximum absolute atomic E-state index is 12.1. The number of fused-ring (bicyclic) bond motifs is 1. The van der Waals surface area contributed by atoms with Crippen LogP contribution in [0.5, 0.6) is 0 Å². The van der Waals surface area contributed by atoms with Crippen molar-refractivity contribution in [3.63, 3.8) is 0 Å². The van der Waals surface area contributed by atoms with E-state index < -0.39 is 0 Å². The van der Waals surface area contributed by atoms with E-state index >= 15 is 0 Å². The number of nitrogens with zero attached hydrogens (tertiary/aromatic N) is 6. The van der Waals surface area contributed by atoms with E-state index in [9.17, 15) is 4.79 Å². The number of anilines is 1. The van der Waals surface area contributed by atoms with Gasteiger partial charge in [-0.2, -0.15) is 9.50 Å². The lowest BCUT2D eigenvalue weighted by Gasteiger charge is -2.30. The zero-order chi connectivity index (χ0) is 18.8. The number of rotatable bonds is 5. The molecule has 0 aliphatic carbocycles. The molecule has 8 heteroatoms. The molecule has 1 atom stereocenters. The highest BCUT2D eigenvalue weighted by atomic mass is 16.5. The number of likely N-dealkylation sites (tertiary alicyclic amines) is 1. The molecule has 0 spiro atoms. The van der Waals surface area contributed by atoms with Gasteiger partial charge in [-0.05, 0) is 46.1 Å². The van der Waals surface area contributed by atoms with Crippen LogP contribution in [0, 0.1) is 12.8 Å². The number of ether oxygens (including phenoxy) is 1. The number of hydrogen-bond acceptors (Lipinski definition) is 7. The van der Waals surface area contributed by atoms with Crippen LogP contribution in [0.4, 0.5) is 5.82 Å². The van der Waals surface area contributed by atoms with E-state index in [-0.39, 0.29) is 11.9 Å². The molecule has 2 fully saturated rings. The van der Waals surface area contributed by atoms with Gasteiger partial charge in [-0.15, -0.1) is 5.10 Å². The van der Waals surface area contributed by atoms with Crippen LogP contribution >= 0.6 is 0 Å². The summed E-state index contributed by atoms with van der Waals surface area (Å²) in [5.41, 5.74) is 0.962. The van der Waals surface area contributed by atoms with E-state index in [0.717, 1.165) is 49.8 Å². The van der Waals surface area contributed by atoms with Gasteiger partial charge in [0, 0.05) is 31.4 Å². The van der Waals surface area contributed by atoms with Gasteiger partial charge in [0.25, 0.3) is 5.78 Å². The molecule has 146 valence electrons. The van der Waals surface area contributed by atoms with Gasteiger partial charge in [-0.3, -0.25) is 9.69 Å². The molecule has 0 radical (unpaired) electrons. The number of esters is 1. The molecule has 2 aliphatic heterocycles. The molecule has 0 amide bonds. The molecule has 0 saturated carbocycles. The minimum Gasteiger partial charge on any atom is -0.466 e. The predicted octanol–water partition coefficient (Wildman–Crippen LogP) is 1.81. The van der Waals surface area contributed by atoms with Crippen molar-refractivity contribution in [2.75, 3.05) is 37.7 Å². The summed E-state index contributed by atoms with van der Waals surface area (Å²) in [7, 11) is 0. The van der Waals surface area contributed by atoms with Crippen molar-refractivity contribution >= 4 is 17.6 Å². The standard InChI is InChI=1S/C19H28N6O2/c1-3-27-18(26)15-7-6-8-23(12-15)13-16-21-19-20-14(2)11-17(25(19)22-16)24-9-4-5-10-24/h11,15H,3-10,12-13H2,1-2H3. The van der Waals surface area contributed by atoms with E-state index in [4.69, 9.17) is 9.84 Å². The lowest BCUT2D eigenvalue weighted by Crippen LogP contribution is -2.39. The Morgan fingerprint density at radius 1 is 1.22 bits per heavy atom. The molecule has 0 bridgehead atoms. The van der Waals surface area contributed by atoms with Gasteiger partial charge in [0.15, 0.2) is 5.82 Å². The van der Waals surface area contributed by atoms with Crippen LogP contribution in [0.15, 0.2) is 6.07 Å². The monoisotopic (exact) mass is 372 g/mol. The van der Waals surface area contributed by atoms with Crippen molar-refractivity contribution in [3.8, 4) is 0 Å². The average Bonchev–Trinajstić information content (AvgIpc) is 3.31. The second-order valence-electron chi connectivity index (χ2n) is 7.52. The molecule has 8 nitrogen and oxygen atoms in total. The first-order valence-corrected chi connectivity index (χ1v) is 10.0. The molecule has 27 heavy (non-hydrogen) atoms. The van der Waals surface area contributed by atoms with Crippen LogP contribution in [0.1, 0.15) is 44.1 Å². The molecule has 0 N–H and O–H groups in total. The van der Waals surface area contributed by atoms with Crippen LogP contribution in [0.3, 0.4) is 0 Å². The van der Waals surface area contributed by atoms with E-state index in [0.29, 0.717) is 25.5 Å². The molecular weight excluding hydrogens is 344 g/mol. The molecule has 0 aromatic carbocycles. The Labute approximate surface area is 159 Å². The Hall–Kier alpha value is -2.22. The Balaban J connectivity index is 1.52. The third kappa shape index (κ3) is 3.90. The highest BCUT2D eigenvalue weighted by Crippen LogP contribution is 2.23. The van der Waals surface area contributed by atoms with Crippen LogP contribution in [-0.2, 0) is 16.1 Å². The van der Waals surface area contributed by atoms with Crippen LogP contribution in [-0.4, -0.2) is 63.2 Å². The summed E-state index contributed by atoms with van der Waals surface area (Å²) >= 11 is 0. The van der Waals surface area contributed by atoms with Gasteiger partial charge < -0.3 is 9.64 Å². The number of aromatic nitrogens is 4. The van der Waals surface area contributed by atoms with Gasteiger partial charge in [-0.1, -0.05) is 0 Å². The quantitative estimate of drug-likeness (QED) is 0.741. The summed E-state index contributed by atoms with van der Waals surface area (Å²) in [6.45, 7) is 8.71. The molecule has 2 aromatic rings. The third-order valence-corrected chi connectivity index (χ3v) is 5.39. The van der Waals surface area contributed by atoms with Gasteiger partial charge in [0.2, 0.25) is 0 Å². The van der Waals surface area contributed by atoms with E-state index in [2.05, 4.69) is 25.8 Å². The molecule has 4 heterocycles. The lowest BCUT2D eigenvalue weighted by atomic mass is 9.98. The zero-order valence-electron chi connectivity index (χ0n) is 16.2. The van der Waals surface area contributed by atoms with Crippen LogP contribution < -0.4 is 4.90 Å². The van der Waals surface area contributed by atoms with E-state index in [1.807, 2.05) is 18.4 Å². The number of piperidine rings is 1. The molecular formula is C19H28N6O2. The fourth-order valence-electron chi connectivity index (χ4n) is 4.10. The lowest BCUT2D eigenvalue weighted by molar-refractivity contribution is -0.150. The Morgan fingerprint density at radius 2 is 2.04 bits per heavy atom. The normalized spacial score (nSPS) is 21.1. The first-order chi connectivity index (χ1) is 13.1. The minimum atomic E-state index is -0.0845.